The molecule has 1 aliphatic heterocycles. The minimum atomic E-state index is -3.53. The first-order chi connectivity index (χ1) is 11.2. The third-order valence-corrected chi connectivity index (χ3v) is 6.72. The van der Waals surface area contributed by atoms with E-state index in [0.29, 0.717) is 45.1 Å². The number of hydrogen-bond acceptors (Lipinski definition) is 6. The molecule has 1 fully saturated rings. The monoisotopic (exact) mass is 376 g/mol. The predicted octanol–water partition coefficient (Wildman–Crippen LogP) is 0.436. The maximum atomic E-state index is 12.7. The Morgan fingerprint density at radius 3 is 2.08 bits per heavy atom. The number of sulfone groups is 1. The van der Waals surface area contributed by atoms with Crippen LogP contribution < -0.4 is 4.74 Å². The fraction of sp³-hybridized carbons (Fsp3) is 0.600. The second-order valence-electron chi connectivity index (χ2n) is 5.78. The van der Waals surface area contributed by atoms with Crippen molar-refractivity contribution >= 4 is 19.9 Å². The number of sulfonamides is 1. The Morgan fingerprint density at radius 2 is 1.58 bits per heavy atom. The minimum absolute atomic E-state index is 0.0959. The van der Waals surface area contributed by atoms with Crippen molar-refractivity contribution in [2.45, 2.75) is 11.8 Å². The van der Waals surface area contributed by atoms with Crippen molar-refractivity contribution in [2.24, 2.45) is 0 Å². The summed E-state index contributed by atoms with van der Waals surface area (Å²) in [6.07, 6.45) is 1.21. The van der Waals surface area contributed by atoms with E-state index in [-0.39, 0.29) is 10.6 Å². The van der Waals surface area contributed by atoms with E-state index in [2.05, 4.69) is 0 Å². The Kier molecular flexibility index (Phi) is 6.24. The Morgan fingerprint density at radius 1 is 1.00 bits per heavy atom. The van der Waals surface area contributed by atoms with Crippen molar-refractivity contribution in [3.63, 3.8) is 0 Å². The molecule has 0 aromatic heterocycles. The van der Waals surface area contributed by atoms with Crippen LogP contribution in [0.2, 0.25) is 0 Å². The van der Waals surface area contributed by atoms with E-state index in [1.54, 1.807) is 24.3 Å². The number of ether oxygens (including phenoxy) is 1. The third-order valence-electron chi connectivity index (χ3n) is 3.88. The third kappa shape index (κ3) is 5.17. The van der Waals surface area contributed by atoms with Crippen LogP contribution in [0.25, 0.3) is 0 Å². The maximum Gasteiger partial charge on any atom is 0.243 e. The average molecular weight is 377 g/mol. The molecule has 1 aromatic rings. The number of benzene rings is 1. The highest BCUT2D eigenvalue weighted by atomic mass is 32.2. The Bertz CT molecular complexity index is 737. The summed E-state index contributed by atoms with van der Waals surface area (Å²) in [6.45, 7) is 4.63. The van der Waals surface area contributed by atoms with Gasteiger partial charge in [0, 0.05) is 39.0 Å². The van der Waals surface area contributed by atoms with Gasteiger partial charge in [-0.25, -0.2) is 16.8 Å². The van der Waals surface area contributed by atoms with Crippen LogP contribution in [0.15, 0.2) is 29.2 Å². The summed E-state index contributed by atoms with van der Waals surface area (Å²) in [5.74, 6) is 0.737. The van der Waals surface area contributed by atoms with Crippen LogP contribution in [-0.4, -0.2) is 77.4 Å². The SMILES string of the molecule is CCOc1ccc(S(=O)(=O)N2CCN(CCS(C)(=O)=O)CC2)cc1. The zero-order valence-electron chi connectivity index (χ0n) is 14.0. The topological polar surface area (TPSA) is 84.0 Å². The second-order valence-corrected chi connectivity index (χ2v) is 9.98. The van der Waals surface area contributed by atoms with Crippen LogP contribution in [0.3, 0.4) is 0 Å². The molecule has 1 heterocycles. The lowest BCUT2D eigenvalue weighted by molar-refractivity contribution is 0.197. The second kappa shape index (κ2) is 7.81. The van der Waals surface area contributed by atoms with Gasteiger partial charge in [0.1, 0.15) is 15.6 Å². The molecule has 0 bridgehead atoms. The standard InChI is InChI=1S/C15H24N2O5S2/c1-3-22-14-4-6-15(7-5-14)24(20,21)17-10-8-16(9-11-17)12-13-23(2,18)19/h4-7H,3,8-13H2,1-2H3. The highest BCUT2D eigenvalue weighted by Gasteiger charge is 2.28. The molecule has 7 nitrogen and oxygen atoms in total. The predicted molar refractivity (Wildman–Crippen MR) is 92.5 cm³/mol. The number of rotatable bonds is 7. The first-order valence-electron chi connectivity index (χ1n) is 7.85. The molecule has 0 saturated carbocycles. The van der Waals surface area contributed by atoms with Gasteiger partial charge in [-0.2, -0.15) is 4.31 Å². The summed E-state index contributed by atoms with van der Waals surface area (Å²) in [5, 5.41) is 0. The van der Waals surface area contributed by atoms with Gasteiger partial charge in [0.25, 0.3) is 0 Å². The van der Waals surface area contributed by atoms with Gasteiger partial charge in [0.2, 0.25) is 10.0 Å². The highest BCUT2D eigenvalue weighted by Crippen LogP contribution is 2.20. The van der Waals surface area contributed by atoms with E-state index < -0.39 is 19.9 Å². The molecule has 1 aromatic carbocycles. The van der Waals surface area contributed by atoms with Crippen molar-refractivity contribution in [3.05, 3.63) is 24.3 Å². The first-order valence-corrected chi connectivity index (χ1v) is 11.4. The van der Waals surface area contributed by atoms with E-state index in [1.807, 2.05) is 11.8 Å². The van der Waals surface area contributed by atoms with Crippen LogP contribution in [0, 0.1) is 0 Å². The summed E-state index contributed by atoms with van der Waals surface area (Å²) in [6, 6.07) is 6.41. The summed E-state index contributed by atoms with van der Waals surface area (Å²) >= 11 is 0. The molecular formula is C15H24N2O5S2. The number of piperazine rings is 1. The molecule has 0 amide bonds. The van der Waals surface area contributed by atoms with Gasteiger partial charge in [-0.05, 0) is 31.2 Å². The molecule has 1 saturated heterocycles. The number of nitrogens with zero attached hydrogens (tertiary/aromatic N) is 2. The molecule has 0 spiro atoms. The van der Waals surface area contributed by atoms with E-state index in [1.165, 1.54) is 10.6 Å². The van der Waals surface area contributed by atoms with Crippen molar-refractivity contribution in [1.82, 2.24) is 9.21 Å². The molecule has 0 atom stereocenters. The van der Waals surface area contributed by atoms with Gasteiger partial charge in [0.05, 0.1) is 17.3 Å². The lowest BCUT2D eigenvalue weighted by Crippen LogP contribution is -2.49. The van der Waals surface area contributed by atoms with Crippen molar-refractivity contribution in [1.29, 1.82) is 0 Å². The van der Waals surface area contributed by atoms with Crippen LogP contribution in [0.5, 0.6) is 5.75 Å². The molecule has 0 radical (unpaired) electrons. The molecule has 24 heavy (non-hydrogen) atoms. The largest absolute Gasteiger partial charge is 0.494 e. The van der Waals surface area contributed by atoms with Crippen LogP contribution in [-0.2, 0) is 19.9 Å². The summed E-state index contributed by atoms with van der Waals surface area (Å²) < 4.78 is 54.5. The van der Waals surface area contributed by atoms with Gasteiger partial charge in [-0.3, -0.25) is 4.90 Å². The number of hydrogen-bond donors (Lipinski definition) is 0. The Labute approximate surface area is 144 Å². The summed E-state index contributed by atoms with van der Waals surface area (Å²) in [4.78, 5) is 2.22. The van der Waals surface area contributed by atoms with Crippen molar-refractivity contribution in [3.8, 4) is 5.75 Å². The molecule has 9 heteroatoms. The lowest BCUT2D eigenvalue weighted by atomic mass is 10.3. The van der Waals surface area contributed by atoms with E-state index in [0.717, 1.165) is 0 Å². The molecule has 0 unspecified atom stereocenters. The quantitative estimate of drug-likeness (QED) is 0.686. The van der Waals surface area contributed by atoms with E-state index in [4.69, 9.17) is 4.74 Å². The van der Waals surface area contributed by atoms with E-state index >= 15 is 0 Å². The molecule has 0 aliphatic carbocycles. The summed E-state index contributed by atoms with van der Waals surface area (Å²) in [5.41, 5.74) is 0. The zero-order chi connectivity index (χ0) is 17.8. The van der Waals surface area contributed by atoms with Gasteiger partial charge >= 0.3 is 0 Å². The van der Waals surface area contributed by atoms with Gasteiger partial charge in [-0.1, -0.05) is 0 Å². The normalized spacial score (nSPS) is 17.8. The maximum absolute atomic E-state index is 12.7. The summed E-state index contributed by atoms with van der Waals surface area (Å²) in [7, 11) is -6.53. The molecule has 0 N–H and O–H groups in total. The minimum Gasteiger partial charge on any atom is -0.494 e. The molecule has 1 aliphatic rings. The first kappa shape index (κ1) is 19.2. The Hall–Kier alpha value is -1.16. The molecule has 136 valence electrons. The molecular weight excluding hydrogens is 352 g/mol. The van der Waals surface area contributed by atoms with Crippen molar-refractivity contribution in [2.75, 3.05) is 51.3 Å². The highest BCUT2D eigenvalue weighted by molar-refractivity contribution is 7.90. The lowest BCUT2D eigenvalue weighted by Gasteiger charge is -2.33. The smallest absolute Gasteiger partial charge is 0.243 e. The van der Waals surface area contributed by atoms with Crippen molar-refractivity contribution < 1.29 is 21.6 Å². The van der Waals surface area contributed by atoms with Gasteiger partial charge in [0.15, 0.2) is 0 Å². The van der Waals surface area contributed by atoms with Crippen LogP contribution in [0.1, 0.15) is 6.92 Å². The van der Waals surface area contributed by atoms with Crippen LogP contribution in [0.4, 0.5) is 0 Å². The van der Waals surface area contributed by atoms with E-state index in [9.17, 15) is 16.8 Å². The molecule has 2 rings (SSSR count). The zero-order valence-corrected chi connectivity index (χ0v) is 15.6. The van der Waals surface area contributed by atoms with Crippen LogP contribution >= 0.6 is 0 Å². The Balaban J connectivity index is 1.96. The fourth-order valence-electron chi connectivity index (χ4n) is 2.51. The van der Waals surface area contributed by atoms with Gasteiger partial charge in [-0.15, -0.1) is 0 Å². The van der Waals surface area contributed by atoms with Gasteiger partial charge < -0.3 is 4.74 Å². The average Bonchev–Trinajstić information content (AvgIpc) is 2.53. The fourth-order valence-corrected chi connectivity index (χ4v) is 4.52.